The molecule has 0 aliphatic carbocycles. The summed E-state index contributed by atoms with van der Waals surface area (Å²) >= 11 is 0. The summed E-state index contributed by atoms with van der Waals surface area (Å²) in [4.78, 5) is 16.3. The molecular weight excluding hydrogens is 304 g/mol. The molecule has 1 aromatic rings. The molecule has 1 N–H and O–H groups in total. The Morgan fingerprint density at radius 1 is 1.45 bits per heavy atom. The van der Waals surface area contributed by atoms with Crippen LogP contribution in [0.2, 0.25) is 0 Å². The number of aromatic nitrogens is 1. The molecule has 1 saturated heterocycles. The van der Waals surface area contributed by atoms with Crippen LogP contribution in [0.3, 0.4) is 0 Å². The average molecular weight is 326 g/mol. The van der Waals surface area contributed by atoms with Gasteiger partial charge in [0.2, 0.25) is 0 Å². The van der Waals surface area contributed by atoms with Crippen molar-refractivity contribution < 1.29 is 17.9 Å². The van der Waals surface area contributed by atoms with Gasteiger partial charge in [0.25, 0.3) is 5.91 Å². The van der Waals surface area contributed by atoms with Gasteiger partial charge >= 0.3 is 0 Å². The van der Waals surface area contributed by atoms with E-state index in [4.69, 9.17) is 4.74 Å². The van der Waals surface area contributed by atoms with Crippen LogP contribution in [0.15, 0.2) is 18.3 Å². The van der Waals surface area contributed by atoms with Crippen molar-refractivity contribution in [2.24, 2.45) is 0 Å². The Labute approximate surface area is 131 Å². The molecular formula is C15H22N2O4S. The molecule has 2 heterocycles. The number of amides is 1. The van der Waals surface area contributed by atoms with Gasteiger partial charge < -0.3 is 10.1 Å². The molecule has 1 aliphatic heterocycles. The number of hydrogen-bond acceptors (Lipinski definition) is 5. The third-order valence-electron chi connectivity index (χ3n) is 3.65. The van der Waals surface area contributed by atoms with E-state index in [1.165, 1.54) is 6.20 Å². The van der Waals surface area contributed by atoms with Crippen LogP contribution in [0.4, 0.5) is 0 Å². The predicted octanol–water partition coefficient (Wildman–Crippen LogP) is 1.57. The Morgan fingerprint density at radius 3 is 2.77 bits per heavy atom. The number of hydrogen-bond donors (Lipinski definition) is 1. The Kier molecular flexibility index (Phi) is 5.05. The minimum atomic E-state index is -3.06. The van der Waals surface area contributed by atoms with Crippen LogP contribution in [0.5, 0.6) is 5.75 Å². The number of rotatable bonds is 6. The molecule has 2 rings (SSSR count). The zero-order valence-electron chi connectivity index (χ0n) is 13.0. The highest BCUT2D eigenvalue weighted by Crippen LogP contribution is 2.23. The lowest BCUT2D eigenvalue weighted by atomic mass is 10.0. The van der Waals surface area contributed by atoms with E-state index in [-0.39, 0.29) is 23.1 Å². The molecule has 0 bridgehead atoms. The highest BCUT2D eigenvalue weighted by molar-refractivity contribution is 7.91. The Bertz CT molecular complexity index is 627. The van der Waals surface area contributed by atoms with Crippen molar-refractivity contribution in [1.82, 2.24) is 10.3 Å². The number of carbonyl (C=O) groups excluding carboxylic acids is 1. The summed E-state index contributed by atoms with van der Waals surface area (Å²) in [5, 5.41) is 2.78. The summed E-state index contributed by atoms with van der Waals surface area (Å²) in [6.45, 7) is 4.45. The maximum atomic E-state index is 12.2. The van der Waals surface area contributed by atoms with Gasteiger partial charge in [-0.05, 0) is 31.9 Å². The number of unbranched alkanes of at least 4 members (excludes halogenated alkanes) is 1. The van der Waals surface area contributed by atoms with Crippen LogP contribution in [0.25, 0.3) is 0 Å². The third kappa shape index (κ3) is 4.43. The number of nitrogens with one attached hydrogen (secondary N) is 1. The fourth-order valence-electron chi connectivity index (χ4n) is 2.38. The zero-order chi connectivity index (χ0) is 16.2. The summed E-state index contributed by atoms with van der Waals surface area (Å²) in [6, 6.07) is 3.29. The summed E-state index contributed by atoms with van der Waals surface area (Å²) in [6.07, 6.45) is 3.96. The summed E-state index contributed by atoms with van der Waals surface area (Å²) in [5.74, 6) is 0.352. The topological polar surface area (TPSA) is 85.4 Å². The van der Waals surface area contributed by atoms with Crippen LogP contribution >= 0.6 is 0 Å². The quantitative estimate of drug-likeness (QED) is 0.802. The van der Waals surface area contributed by atoms with E-state index in [0.717, 1.165) is 12.8 Å². The number of sulfone groups is 1. The van der Waals surface area contributed by atoms with E-state index in [0.29, 0.717) is 18.8 Å². The molecule has 1 aliphatic rings. The van der Waals surface area contributed by atoms with Crippen molar-refractivity contribution in [2.45, 2.75) is 38.6 Å². The maximum Gasteiger partial charge on any atom is 0.270 e. The Balaban J connectivity index is 1.95. The maximum absolute atomic E-state index is 12.2. The lowest BCUT2D eigenvalue weighted by Gasteiger charge is -2.23. The molecule has 6 nitrogen and oxygen atoms in total. The van der Waals surface area contributed by atoms with Gasteiger partial charge in [-0.15, -0.1) is 0 Å². The van der Waals surface area contributed by atoms with Crippen molar-refractivity contribution in [3.05, 3.63) is 24.0 Å². The first-order chi connectivity index (χ1) is 10.3. The largest absolute Gasteiger partial charge is 0.492 e. The van der Waals surface area contributed by atoms with E-state index in [9.17, 15) is 13.2 Å². The van der Waals surface area contributed by atoms with Crippen molar-refractivity contribution in [3.63, 3.8) is 0 Å². The van der Waals surface area contributed by atoms with E-state index in [2.05, 4.69) is 17.2 Å². The second kappa shape index (κ2) is 6.64. The van der Waals surface area contributed by atoms with Crippen LogP contribution < -0.4 is 10.1 Å². The average Bonchev–Trinajstić information content (AvgIpc) is 2.73. The zero-order valence-corrected chi connectivity index (χ0v) is 13.8. The summed E-state index contributed by atoms with van der Waals surface area (Å²) in [7, 11) is -3.06. The summed E-state index contributed by atoms with van der Waals surface area (Å²) in [5.41, 5.74) is -0.457. The van der Waals surface area contributed by atoms with Gasteiger partial charge in [-0.2, -0.15) is 0 Å². The summed E-state index contributed by atoms with van der Waals surface area (Å²) < 4.78 is 28.6. The monoisotopic (exact) mass is 326 g/mol. The molecule has 0 saturated carbocycles. The van der Waals surface area contributed by atoms with Gasteiger partial charge in [0, 0.05) is 0 Å². The SMILES string of the molecule is CCCCOc1ccc(C(=O)NC2(C)CCS(=O)(=O)C2)nc1. The molecule has 1 fully saturated rings. The minimum absolute atomic E-state index is 0.0239. The van der Waals surface area contributed by atoms with Gasteiger partial charge in [-0.1, -0.05) is 13.3 Å². The number of ether oxygens (including phenoxy) is 1. The van der Waals surface area contributed by atoms with Crippen molar-refractivity contribution >= 4 is 15.7 Å². The van der Waals surface area contributed by atoms with Gasteiger partial charge in [-0.25, -0.2) is 13.4 Å². The lowest BCUT2D eigenvalue weighted by molar-refractivity contribution is 0.0910. The van der Waals surface area contributed by atoms with E-state index in [1.807, 2.05) is 0 Å². The van der Waals surface area contributed by atoms with E-state index < -0.39 is 15.4 Å². The normalized spacial score (nSPS) is 23.2. The third-order valence-corrected chi connectivity index (χ3v) is 5.56. The predicted molar refractivity (Wildman–Crippen MR) is 83.8 cm³/mol. The van der Waals surface area contributed by atoms with Crippen molar-refractivity contribution in [1.29, 1.82) is 0 Å². The molecule has 7 heteroatoms. The van der Waals surface area contributed by atoms with Gasteiger partial charge in [0.1, 0.15) is 11.4 Å². The first-order valence-corrected chi connectivity index (χ1v) is 9.27. The fourth-order valence-corrected chi connectivity index (χ4v) is 4.47. The van der Waals surface area contributed by atoms with E-state index in [1.54, 1.807) is 19.1 Å². The highest BCUT2D eigenvalue weighted by Gasteiger charge is 2.39. The minimum Gasteiger partial charge on any atom is -0.492 e. The molecule has 1 amide bonds. The van der Waals surface area contributed by atoms with Gasteiger partial charge in [0.15, 0.2) is 9.84 Å². The fraction of sp³-hybridized carbons (Fsp3) is 0.600. The second-order valence-corrected chi connectivity index (χ2v) is 8.12. The molecule has 1 atom stereocenters. The Hall–Kier alpha value is -1.63. The van der Waals surface area contributed by atoms with Crippen LogP contribution in [0.1, 0.15) is 43.6 Å². The number of nitrogens with zero attached hydrogens (tertiary/aromatic N) is 1. The smallest absolute Gasteiger partial charge is 0.270 e. The highest BCUT2D eigenvalue weighted by atomic mass is 32.2. The van der Waals surface area contributed by atoms with Crippen LogP contribution in [-0.4, -0.2) is 43.0 Å². The van der Waals surface area contributed by atoms with E-state index >= 15 is 0 Å². The van der Waals surface area contributed by atoms with Gasteiger partial charge in [0.05, 0.1) is 29.8 Å². The van der Waals surface area contributed by atoms with Gasteiger partial charge in [-0.3, -0.25) is 4.79 Å². The standard InChI is InChI=1S/C15H22N2O4S/c1-3-4-8-21-12-5-6-13(16-10-12)14(18)17-15(2)7-9-22(19,20)11-15/h5-6,10H,3-4,7-9,11H2,1-2H3,(H,17,18). The lowest BCUT2D eigenvalue weighted by Crippen LogP contribution is -2.47. The first kappa shape index (κ1) is 16.7. The molecule has 1 unspecified atom stereocenters. The molecule has 22 heavy (non-hydrogen) atoms. The molecule has 122 valence electrons. The Morgan fingerprint density at radius 2 is 2.23 bits per heavy atom. The first-order valence-electron chi connectivity index (χ1n) is 7.45. The van der Waals surface area contributed by atoms with Crippen LogP contribution in [-0.2, 0) is 9.84 Å². The molecule has 1 aromatic heterocycles. The second-order valence-electron chi connectivity index (χ2n) is 5.94. The number of carbonyl (C=O) groups is 1. The molecule has 0 radical (unpaired) electrons. The molecule has 0 aromatic carbocycles. The number of pyridine rings is 1. The van der Waals surface area contributed by atoms with Crippen molar-refractivity contribution in [2.75, 3.05) is 18.1 Å². The molecule has 0 spiro atoms. The van der Waals surface area contributed by atoms with Crippen molar-refractivity contribution in [3.8, 4) is 5.75 Å². The van der Waals surface area contributed by atoms with Crippen LogP contribution in [0, 0.1) is 0 Å².